The number of rotatable bonds is 3. The first-order valence-electron chi connectivity index (χ1n) is 6.65. The Kier molecular flexibility index (Phi) is 3.64. The van der Waals surface area contributed by atoms with Crippen molar-refractivity contribution in [2.24, 2.45) is 0 Å². The Bertz CT molecular complexity index is 730. The predicted octanol–water partition coefficient (Wildman–Crippen LogP) is 5.14. The molecule has 1 N–H and O–H groups in total. The quantitative estimate of drug-likeness (QED) is 0.714. The monoisotopic (exact) mass is 346 g/mol. The van der Waals surface area contributed by atoms with E-state index in [2.05, 4.69) is 15.9 Å². The highest BCUT2D eigenvalue weighted by molar-refractivity contribution is 9.10. The Hall–Kier alpha value is -1.94. The molecule has 2 heterocycles. The van der Waals surface area contributed by atoms with Gasteiger partial charge in [-0.1, -0.05) is 15.9 Å². The molecule has 1 aromatic carbocycles. The Morgan fingerprint density at radius 3 is 1.95 bits per heavy atom. The van der Waals surface area contributed by atoms with E-state index in [1.165, 1.54) is 0 Å². The number of hydrogen-bond acceptors (Lipinski definition) is 3. The van der Waals surface area contributed by atoms with Crippen LogP contribution in [0, 0.1) is 13.8 Å². The van der Waals surface area contributed by atoms with Gasteiger partial charge in [-0.05, 0) is 56.3 Å². The van der Waals surface area contributed by atoms with Gasteiger partial charge >= 0.3 is 0 Å². The largest absolute Gasteiger partial charge is 0.508 e. The number of halogens is 1. The lowest BCUT2D eigenvalue weighted by atomic mass is 9.93. The van der Waals surface area contributed by atoms with E-state index in [9.17, 15) is 5.11 Å². The molecule has 0 saturated carbocycles. The van der Waals surface area contributed by atoms with Crippen LogP contribution < -0.4 is 0 Å². The Labute approximate surface area is 131 Å². The van der Waals surface area contributed by atoms with E-state index < -0.39 is 0 Å². The topological polar surface area (TPSA) is 46.5 Å². The van der Waals surface area contributed by atoms with Gasteiger partial charge in [0.15, 0.2) is 0 Å². The Balaban J connectivity index is 2.18. The summed E-state index contributed by atoms with van der Waals surface area (Å²) in [5.74, 6) is 3.09. The van der Waals surface area contributed by atoms with Gasteiger partial charge in [-0.25, -0.2) is 0 Å². The summed E-state index contributed by atoms with van der Waals surface area (Å²) in [6, 6.07) is 13.0. The highest BCUT2D eigenvalue weighted by atomic mass is 79.9. The summed E-state index contributed by atoms with van der Waals surface area (Å²) in [4.78, 5) is 0. The van der Waals surface area contributed by atoms with Crippen LogP contribution in [0.4, 0.5) is 0 Å². The molecule has 3 rings (SSSR count). The van der Waals surface area contributed by atoms with Gasteiger partial charge in [-0.3, -0.25) is 0 Å². The van der Waals surface area contributed by atoms with Crippen molar-refractivity contribution < 1.29 is 13.9 Å². The lowest BCUT2D eigenvalue weighted by molar-refractivity contribution is 0.415. The minimum absolute atomic E-state index is 0.214. The second-order valence-electron chi connectivity index (χ2n) is 5.03. The summed E-state index contributed by atoms with van der Waals surface area (Å²) in [5.41, 5.74) is 0.744. The molecule has 0 amide bonds. The van der Waals surface area contributed by atoms with Crippen molar-refractivity contribution >= 4 is 15.9 Å². The molecule has 0 unspecified atom stereocenters. The lowest BCUT2D eigenvalue weighted by Gasteiger charge is -2.15. The van der Waals surface area contributed by atoms with Crippen LogP contribution in [-0.4, -0.2) is 5.11 Å². The van der Waals surface area contributed by atoms with Crippen molar-refractivity contribution in [2.75, 3.05) is 0 Å². The summed E-state index contributed by atoms with van der Waals surface area (Å²) in [7, 11) is 0. The van der Waals surface area contributed by atoms with Crippen molar-refractivity contribution in [3.63, 3.8) is 0 Å². The van der Waals surface area contributed by atoms with Gasteiger partial charge in [0.05, 0.1) is 0 Å². The van der Waals surface area contributed by atoms with Crippen molar-refractivity contribution in [1.82, 2.24) is 0 Å². The SMILES string of the molecule is Cc1ccc(C(c2ccc(C)o2)c2cc(Br)ccc2O)o1. The zero-order valence-corrected chi connectivity index (χ0v) is 13.3. The fraction of sp³-hybridized carbons (Fsp3) is 0.176. The highest BCUT2D eigenvalue weighted by Crippen LogP contribution is 2.39. The maximum absolute atomic E-state index is 10.2. The molecule has 0 bridgehead atoms. The summed E-state index contributed by atoms with van der Waals surface area (Å²) in [6.45, 7) is 3.80. The van der Waals surface area contributed by atoms with Crippen LogP contribution in [0.25, 0.3) is 0 Å². The number of aryl methyl sites for hydroxylation is 2. The van der Waals surface area contributed by atoms with Gasteiger partial charge in [0.2, 0.25) is 0 Å². The van der Waals surface area contributed by atoms with E-state index in [1.807, 2.05) is 44.2 Å². The number of furan rings is 2. The molecular weight excluding hydrogens is 332 g/mol. The van der Waals surface area contributed by atoms with Crippen molar-refractivity contribution in [2.45, 2.75) is 19.8 Å². The average molecular weight is 347 g/mol. The first-order valence-corrected chi connectivity index (χ1v) is 7.45. The second-order valence-corrected chi connectivity index (χ2v) is 5.95. The first kappa shape index (κ1) is 14.0. The molecule has 3 aromatic rings. The number of phenols is 1. The van der Waals surface area contributed by atoms with E-state index in [0.717, 1.165) is 33.1 Å². The van der Waals surface area contributed by atoms with Crippen molar-refractivity contribution in [3.8, 4) is 5.75 Å². The highest BCUT2D eigenvalue weighted by Gasteiger charge is 2.26. The van der Waals surface area contributed by atoms with Gasteiger partial charge in [-0.2, -0.15) is 0 Å². The summed E-state index contributed by atoms with van der Waals surface area (Å²) in [5, 5.41) is 10.2. The van der Waals surface area contributed by atoms with Gasteiger partial charge in [0.1, 0.15) is 34.7 Å². The minimum Gasteiger partial charge on any atom is -0.508 e. The molecule has 0 spiro atoms. The maximum atomic E-state index is 10.2. The average Bonchev–Trinajstić information content (AvgIpc) is 3.04. The standard InChI is InChI=1S/C17H15BrO3/c1-10-3-7-15(20-10)17(16-8-4-11(2)21-16)13-9-12(18)5-6-14(13)19/h3-9,17,19H,1-2H3. The van der Waals surface area contributed by atoms with E-state index >= 15 is 0 Å². The summed E-state index contributed by atoms with van der Waals surface area (Å²) in [6.07, 6.45) is 0. The molecule has 0 radical (unpaired) electrons. The van der Waals surface area contributed by atoms with Crippen molar-refractivity contribution in [3.05, 3.63) is 75.5 Å². The molecule has 0 aliphatic heterocycles. The molecule has 0 aliphatic carbocycles. The molecule has 0 saturated heterocycles. The van der Waals surface area contributed by atoms with E-state index in [-0.39, 0.29) is 11.7 Å². The first-order chi connectivity index (χ1) is 10.0. The van der Waals surface area contributed by atoms with Gasteiger partial charge in [-0.15, -0.1) is 0 Å². The molecule has 4 heteroatoms. The number of hydrogen-bond donors (Lipinski definition) is 1. The lowest BCUT2D eigenvalue weighted by Crippen LogP contribution is -2.01. The van der Waals surface area contributed by atoms with Gasteiger partial charge < -0.3 is 13.9 Å². The Morgan fingerprint density at radius 2 is 1.48 bits per heavy atom. The minimum atomic E-state index is -0.273. The van der Waals surface area contributed by atoms with E-state index in [0.29, 0.717) is 0 Å². The fourth-order valence-corrected chi connectivity index (χ4v) is 2.80. The third-order valence-corrected chi connectivity index (χ3v) is 3.89. The third-order valence-electron chi connectivity index (χ3n) is 3.39. The molecule has 3 nitrogen and oxygen atoms in total. The molecule has 0 aliphatic rings. The normalized spacial score (nSPS) is 11.2. The van der Waals surface area contributed by atoms with Crippen LogP contribution in [0.2, 0.25) is 0 Å². The van der Waals surface area contributed by atoms with Crippen molar-refractivity contribution in [1.29, 1.82) is 0 Å². The van der Waals surface area contributed by atoms with Gasteiger partial charge in [0.25, 0.3) is 0 Å². The van der Waals surface area contributed by atoms with Crippen LogP contribution in [0.15, 0.2) is 55.8 Å². The molecule has 2 aromatic heterocycles. The molecule has 0 fully saturated rings. The maximum Gasteiger partial charge on any atom is 0.120 e. The van der Waals surface area contributed by atoms with Crippen LogP contribution in [0.5, 0.6) is 5.75 Å². The molecule has 21 heavy (non-hydrogen) atoms. The number of aromatic hydroxyl groups is 1. The van der Waals surface area contributed by atoms with Crippen LogP contribution in [-0.2, 0) is 0 Å². The third kappa shape index (κ3) is 2.76. The predicted molar refractivity (Wildman–Crippen MR) is 83.6 cm³/mol. The van der Waals surface area contributed by atoms with E-state index in [1.54, 1.807) is 12.1 Å². The molecular formula is C17H15BrO3. The Morgan fingerprint density at radius 1 is 0.905 bits per heavy atom. The van der Waals surface area contributed by atoms with E-state index in [4.69, 9.17) is 8.83 Å². The second kappa shape index (κ2) is 5.45. The zero-order valence-electron chi connectivity index (χ0n) is 11.8. The number of phenolic OH excluding ortho intramolecular Hbond substituents is 1. The number of benzene rings is 1. The van der Waals surface area contributed by atoms with Crippen LogP contribution in [0.1, 0.15) is 34.5 Å². The smallest absolute Gasteiger partial charge is 0.120 e. The zero-order chi connectivity index (χ0) is 15.0. The fourth-order valence-electron chi connectivity index (χ4n) is 2.42. The molecule has 108 valence electrons. The van der Waals surface area contributed by atoms with Crippen LogP contribution >= 0.6 is 15.9 Å². The summed E-state index contributed by atoms with van der Waals surface area (Å²) < 4.78 is 12.4. The summed E-state index contributed by atoms with van der Waals surface area (Å²) >= 11 is 3.45. The van der Waals surface area contributed by atoms with Gasteiger partial charge in [0, 0.05) is 10.0 Å². The van der Waals surface area contributed by atoms with Crippen LogP contribution in [0.3, 0.4) is 0 Å². The molecule has 0 atom stereocenters.